The third-order valence-electron chi connectivity index (χ3n) is 1.94. The Bertz CT molecular complexity index is 529. The van der Waals surface area contributed by atoms with E-state index in [4.69, 9.17) is 0 Å². The van der Waals surface area contributed by atoms with Crippen molar-refractivity contribution >= 4 is 0 Å². The van der Waals surface area contributed by atoms with E-state index in [0.717, 1.165) is 11.3 Å². The smallest absolute Gasteiger partial charge is 0.290 e. The molecular weight excluding hydrogens is 196 g/mol. The summed E-state index contributed by atoms with van der Waals surface area (Å²) >= 11 is 0. The molecule has 78 valence electrons. The topological polar surface area (TPSA) is 83.8 Å². The fraction of sp³-hybridized carbons (Fsp3) is 0.222. The molecule has 0 radical (unpaired) electrons. The molecule has 0 amide bonds. The van der Waals surface area contributed by atoms with Crippen LogP contribution >= 0.6 is 0 Å². The van der Waals surface area contributed by atoms with Gasteiger partial charge in [-0.15, -0.1) is 5.10 Å². The van der Waals surface area contributed by atoms with Gasteiger partial charge in [-0.25, -0.2) is 4.68 Å². The Morgan fingerprint density at radius 3 is 3.00 bits per heavy atom. The quantitative estimate of drug-likeness (QED) is 0.726. The van der Waals surface area contributed by atoms with Crippen molar-refractivity contribution in [2.24, 2.45) is 0 Å². The number of hydrogen-bond donors (Lipinski definition) is 2. The summed E-state index contributed by atoms with van der Waals surface area (Å²) in [6.45, 7) is 2.30. The van der Waals surface area contributed by atoms with Crippen LogP contribution in [-0.2, 0) is 6.54 Å². The molecule has 0 spiro atoms. The Morgan fingerprint density at radius 2 is 2.40 bits per heavy atom. The third-order valence-corrected chi connectivity index (χ3v) is 1.94. The zero-order valence-electron chi connectivity index (χ0n) is 8.14. The highest BCUT2D eigenvalue weighted by atomic mass is 16.3. The number of nitrogens with zero attached hydrogens (tertiary/aromatic N) is 3. The number of aryl methyl sites for hydroxylation is 1. The summed E-state index contributed by atoms with van der Waals surface area (Å²) in [6, 6.07) is 1.41. The van der Waals surface area contributed by atoms with Gasteiger partial charge < -0.3 is 10.1 Å². The minimum absolute atomic E-state index is 0.288. The van der Waals surface area contributed by atoms with Crippen LogP contribution in [0.3, 0.4) is 0 Å². The molecule has 0 aliphatic rings. The number of H-pyrrole nitrogens is 1. The maximum Gasteiger partial charge on any atom is 0.290 e. The van der Waals surface area contributed by atoms with Crippen LogP contribution in [0.4, 0.5) is 0 Å². The highest BCUT2D eigenvalue weighted by molar-refractivity contribution is 5.22. The average Bonchev–Trinajstić information content (AvgIpc) is 2.58. The van der Waals surface area contributed by atoms with Crippen molar-refractivity contribution in [3.8, 4) is 5.75 Å². The number of aromatic amines is 1. The van der Waals surface area contributed by atoms with E-state index in [0.29, 0.717) is 6.54 Å². The normalized spacial score (nSPS) is 10.5. The Morgan fingerprint density at radius 1 is 1.60 bits per heavy atom. The maximum atomic E-state index is 10.9. The van der Waals surface area contributed by atoms with E-state index in [9.17, 15) is 9.90 Å². The van der Waals surface area contributed by atoms with E-state index >= 15 is 0 Å². The molecule has 0 atom stereocenters. The summed E-state index contributed by atoms with van der Waals surface area (Å²) < 4.78 is 1.63. The number of rotatable bonds is 2. The highest BCUT2D eigenvalue weighted by Gasteiger charge is 2.01. The van der Waals surface area contributed by atoms with Gasteiger partial charge in [0.2, 0.25) is 0 Å². The van der Waals surface area contributed by atoms with Crippen LogP contribution in [0, 0.1) is 6.92 Å². The Balaban J connectivity index is 2.25. The molecule has 0 aliphatic heterocycles. The van der Waals surface area contributed by atoms with Crippen molar-refractivity contribution in [3.63, 3.8) is 0 Å². The molecule has 2 N–H and O–H groups in total. The predicted octanol–water partition coefficient (Wildman–Crippen LogP) is 0.0287. The number of pyridine rings is 1. The van der Waals surface area contributed by atoms with Gasteiger partial charge in [-0.1, -0.05) is 5.21 Å². The minimum atomic E-state index is -0.492. The first-order valence-electron chi connectivity index (χ1n) is 4.42. The van der Waals surface area contributed by atoms with Crippen LogP contribution in [0.25, 0.3) is 0 Å². The second-order valence-corrected chi connectivity index (χ2v) is 3.28. The summed E-state index contributed by atoms with van der Waals surface area (Å²) in [7, 11) is 0. The lowest BCUT2D eigenvalue weighted by Gasteiger charge is -2.00. The molecule has 0 unspecified atom stereocenters. The van der Waals surface area contributed by atoms with Gasteiger partial charge in [0.05, 0.1) is 12.2 Å². The van der Waals surface area contributed by atoms with Gasteiger partial charge in [0.1, 0.15) is 0 Å². The van der Waals surface area contributed by atoms with Gasteiger partial charge in [0, 0.05) is 12.4 Å². The molecule has 2 aromatic rings. The lowest BCUT2D eigenvalue weighted by Crippen LogP contribution is -2.07. The molecule has 2 heterocycles. The zero-order chi connectivity index (χ0) is 10.8. The van der Waals surface area contributed by atoms with E-state index in [1.54, 1.807) is 17.1 Å². The molecule has 0 fully saturated rings. The van der Waals surface area contributed by atoms with E-state index in [-0.39, 0.29) is 5.75 Å². The molecule has 0 aromatic carbocycles. The summed E-state index contributed by atoms with van der Waals surface area (Å²) in [6.07, 6.45) is 3.32. The summed E-state index contributed by atoms with van der Waals surface area (Å²) in [5.41, 5.74) is 1.09. The van der Waals surface area contributed by atoms with Crippen LogP contribution in [-0.4, -0.2) is 25.1 Å². The molecule has 0 saturated heterocycles. The SMILES string of the molecule is Cc1cn(Cc2c[nH]c(=O)c(O)c2)nn1. The summed E-state index contributed by atoms with van der Waals surface area (Å²) in [4.78, 5) is 13.3. The fourth-order valence-electron chi connectivity index (χ4n) is 1.27. The van der Waals surface area contributed by atoms with Crippen molar-refractivity contribution in [1.82, 2.24) is 20.0 Å². The van der Waals surface area contributed by atoms with E-state index < -0.39 is 5.56 Å². The largest absolute Gasteiger partial charge is 0.503 e. The lowest BCUT2D eigenvalue weighted by molar-refractivity contribution is 0.465. The molecule has 0 saturated carbocycles. The van der Waals surface area contributed by atoms with Crippen LogP contribution < -0.4 is 5.56 Å². The van der Waals surface area contributed by atoms with Crippen molar-refractivity contribution in [2.75, 3.05) is 0 Å². The molecular formula is C9H10N4O2. The van der Waals surface area contributed by atoms with E-state index in [2.05, 4.69) is 15.3 Å². The monoisotopic (exact) mass is 206 g/mol. The predicted molar refractivity (Wildman–Crippen MR) is 52.6 cm³/mol. The lowest BCUT2D eigenvalue weighted by atomic mass is 10.3. The molecule has 2 aromatic heterocycles. The minimum Gasteiger partial charge on any atom is -0.503 e. The molecule has 15 heavy (non-hydrogen) atoms. The second kappa shape index (κ2) is 3.56. The Kier molecular flexibility index (Phi) is 2.24. The molecule has 6 nitrogen and oxygen atoms in total. The van der Waals surface area contributed by atoms with E-state index in [1.165, 1.54) is 6.07 Å². The highest BCUT2D eigenvalue weighted by Crippen LogP contribution is 2.05. The second-order valence-electron chi connectivity index (χ2n) is 3.28. The van der Waals surface area contributed by atoms with Crippen molar-refractivity contribution in [1.29, 1.82) is 0 Å². The van der Waals surface area contributed by atoms with Crippen molar-refractivity contribution in [3.05, 3.63) is 40.1 Å². The molecule has 2 rings (SSSR count). The number of aromatic hydroxyl groups is 1. The zero-order valence-corrected chi connectivity index (χ0v) is 8.14. The maximum absolute atomic E-state index is 10.9. The number of aromatic nitrogens is 4. The van der Waals surface area contributed by atoms with Crippen LogP contribution in [0.5, 0.6) is 5.75 Å². The first kappa shape index (κ1) is 9.45. The van der Waals surface area contributed by atoms with Gasteiger partial charge in [-0.2, -0.15) is 0 Å². The standard InChI is InChI=1S/C9H10N4O2/c1-6-4-13(12-11-6)5-7-2-8(14)9(15)10-3-7/h2-4,14H,5H2,1H3,(H,10,15). The Hall–Kier alpha value is -2.11. The molecule has 0 bridgehead atoms. The first-order valence-corrected chi connectivity index (χ1v) is 4.42. The van der Waals surface area contributed by atoms with E-state index in [1.807, 2.05) is 6.92 Å². The number of hydrogen-bond acceptors (Lipinski definition) is 4. The molecule has 6 heteroatoms. The van der Waals surface area contributed by atoms with Gasteiger partial charge in [0.15, 0.2) is 5.75 Å². The summed E-state index contributed by atoms with van der Waals surface area (Å²) in [5.74, 6) is -0.288. The van der Waals surface area contributed by atoms with Gasteiger partial charge in [0.25, 0.3) is 5.56 Å². The van der Waals surface area contributed by atoms with Crippen LogP contribution in [0.2, 0.25) is 0 Å². The van der Waals surface area contributed by atoms with Crippen molar-refractivity contribution in [2.45, 2.75) is 13.5 Å². The van der Waals surface area contributed by atoms with Crippen LogP contribution in [0.15, 0.2) is 23.3 Å². The number of nitrogens with one attached hydrogen (secondary N) is 1. The Labute approximate surface area is 85.2 Å². The fourth-order valence-corrected chi connectivity index (χ4v) is 1.27. The van der Waals surface area contributed by atoms with Crippen molar-refractivity contribution < 1.29 is 5.11 Å². The van der Waals surface area contributed by atoms with Gasteiger partial charge in [-0.05, 0) is 18.6 Å². The van der Waals surface area contributed by atoms with Gasteiger partial charge in [-0.3, -0.25) is 4.79 Å². The first-order chi connectivity index (χ1) is 7.15. The van der Waals surface area contributed by atoms with Gasteiger partial charge >= 0.3 is 0 Å². The molecule has 0 aliphatic carbocycles. The third kappa shape index (κ3) is 2.04. The van der Waals surface area contributed by atoms with Crippen LogP contribution in [0.1, 0.15) is 11.3 Å². The summed E-state index contributed by atoms with van der Waals surface area (Å²) in [5, 5.41) is 16.9. The average molecular weight is 206 g/mol.